The largest absolute Gasteiger partial charge is 0.497 e. The van der Waals surface area contributed by atoms with Gasteiger partial charge in [-0.1, -0.05) is 37.3 Å². The number of methoxy groups -OCH3 is 1. The molecule has 0 saturated heterocycles. The van der Waals surface area contributed by atoms with Crippen molar-refractivity contribution in [2.75, 3.05) is 7.11 Å². The first kappa shape index (κ1) is 11.8. The Morgan fingerprint density at radius 3 is 2.53 bits per heavy atom. The fourth-order valence-electron chi connectivity index (χ4n) is 2.42. The van der Waals surface area contributed by atoms with Crippen molar-refractivity contribution in [3.63, 3.8) is 0 Å². The lowest BCUT2D eigenvalue weighted by molar-refractivity contribution is 0.414. The summed E-state index contributed by atoms with van der Waals surface area (Å²) in [4.78, 5) is 0. The van der Waals surface area contributed by atoms with Crippen LogP contribution in [0.4, 0.5) is 0 Å². The Balaban J connectivity index is 2.28. The van der Waals surface area contributed by atoms with Crippen molar-refractivity contribution in [2.24, 2.45) is 0 Å². The van der Waals surface area contributed by atoms with E-state index < -0.39 is 0 Å². The van der Waals surface area contributed by atoms with E-state index in [1.807, 2.05) is 18.2 Å². The van der Waals surface area contributed by atoms with Crippen LogP contribution < -0.4 is 4.74 Å². The van der Waals surface area contributed by atoms with Crippen LogP contribution in [0.25, 0.3) is 22.1 Å². The van der Waals surface area contributed by atoms with Gasteiger partial charge in [-0.05, 0) is 17.7 Å². The van der Waals surface area contributed by atoms with Crippen molar-refractivity contribution in [1.29, 1.82) is 0 Å². The highest BCUT2D eigenvalue weighted by molar-refractivity contribution is 5.96. The Hall–Kier alpha value is -2.22. The molecule has 0 atom stereocenters. The van der Waals surface area contributed by atoms with Crippen LogP contribution in [0.3, 0.4) is 0 Å². The Bertz CT molecular complexity index is 696. The predicted molar refractivity (Wildman–Crippen MR) is 77.6 cm³/mol. The van der Waals surface area contributed by atoms with Gasteiger partial charge in [0, 0.05) is 23.4 Å². The third-order valence-electron chi connectivity index (χ3n) is 3.35. The van der Waals surface area contributed by atoms with Crippen LogP contribution in [-0.2, 0) is 6.42 Å². The maximum Gasteiger partial charge on any atom is 0.138 e. The normalized spacial score (nSPS) is 10.8. The zero-order valence-corrected chi connectivity index (χ0v) is 11.1. The Morgan fingerprint density at radius 2 is 1.84 bits per heavy atom. The van der Waals surface area contributed by atoms with Crippen molar-refractivity contribution >= 4 is 11.0 Å². The molecule has 2 nitrogen and oxygen atoms in total. The number of rotatable bonds is 3. The first-order valence-electron chi connectivity index (χ1n) is 6.48. The SMILES string of the molecule is CCc1oc2cc(OC)ccc2c1-c1ccccc1. The van der Waals surface area contributed by atoms with E-state index in [4.69, 9.17) is 9.15 Å². The van der Waals surface area contributed by atoms with Crippen LogP contribution >= 0.6 is 0 Å². The monoisotopic (exact) mass is 252 g/mol. The molecule has 1 heterocycles. The van der Waals surface area contributed by atoms with Crippen LogP contribution in [0, 0.1) is 0 Å². The molecule has 3 rings (SSSR count). The second-order valence-electron chi connectivity index (χ2n) is 4.48. The third kappa shape index (κ3) is 1.99. The van der Waals surface area contributed by atoms with Gasteiger partial charge in [0.1, 0.15) is 17.1 Å². The molecule has 2 heteroatoms. The van der Waals surface area contributed by atoms with Gasteiger partial charge in [-0.25, -0.2) is 0 Å². The minimum absolute atomic E-state index is 0.823. The van der Waals surface area contributed by atoms with Crippen LogP contribution in [0.2, 0.25) is 0 Å². The van der Waals surface area contributed by atoms with Gasteiger partial charge < -0.3 is 9.15 Å². The number of aryl methyl sites for hydroxylation is 1. The van der Waals surface area contributed by atoms with E-state index in [2.05, 4.69) is 37.3 Å². The highest BCUT2D eigenvalue weighted by atomic mass is 16.5. The summed E-state index contributed by atoms with van der Waals surface area (Å²) in [7, 11) is 1.67. The maximum absolute atomic E-state index is 5.97. The van der Waals surface area contributed by atoms with Crippen LogP contribution in [0.1, 0.15) is 12.7 Å². The van der Waals surface area contributed by atoms with E-state index in [1.165, 1.54) is 11.1 Å². The molecule has 0 fully saturated rings. The zero-order valence-electron chi connectivity index (χ0n) is 11.1. The summed E-state index contributed by atoms with van der Waals surface area (Å²) in [5, 5.41) is 1.14. The minimum Gasteiger partial charge on any atom is -0.497 e. The molecule has 0 saturated carbocycles. The Labute approximate surface area is 112 Å². The summed E-state index contributed by atoms with van der Waals surface area (Å²) >= 11 is 0. The lowest BCUT2D eigenvalue weighted by atomic mass is 10.0. The molecule has 2 aromatic carbocycles. The average Bonchev–Trinajstić information content (AvgIpc) is 2.85. The van der Waals surface area contributed by atoms with E-state index in [0.29, 0.717) is 0 Å². The summed E-state index contributed by atoms with van der Waals surface area (Å²) < 4.78 is 11.2. The van der Waals surface area contributed by atoms with Crippen molar-refractivity contribution < 1.29 is 9.15 Å². The molecule has 3 aromatic rings. The molecule has 0 amide bonds. The molecule has 0 aliphatic heterocycles. The standard InChI is InChI=1S/C17H16O2/c1-3-15-17(12-7-5-4-6-8-12)14-10-9-13(18-2)11-16(14)19-15/h4-11H,3H2,1-2H3. The van der Waals surface area contributed by atoms with E-state index >= 15 is 0 Å². The van der Waals surface area contributed by atoms with Gasteiger partial charge in [0.05, 0.1) is 7.11 Å². The molecule has 19 heavy (non-hydrogen) atoms. The number of benzene rings is 2. The number of furan rings is 1. The summed E-state index contributed by atoms with van der Waals surface area (Å²) in [6, 6.07) is 16.4. The molecule has 0 aliphatic carbocycles. The first-order chi connectivity index (χ1) is 9.33. The summed E-state index contributed by atoms with van der Waals surface area (Å²) in [5.41, 5.74) is 3.28. The second-order valence-corrected chi connectivity index (χ2v) is 4.48. The van der Waals surface area contributed by atoms with Crippen molar-refractivity contribution in [3.8, 4) is 16.9 Å². The van der Waals surface area contributed by atoms with Crippen LogP contribution in [-0.4, -0.2) is 7.11 Å². The maximum atomic E-state index is 5.97. The number of ether oxygens (including phenoxy) is 1. The molecule has 0 spiro atoms. The van der Waals surface area contributed by atoms with Crippen LogP contribution in [0.15, 0.2) is 52.9 Å². The quantitative estimate of drug-likeness (QED) is 0.675. The van der Waals surface area contributed by atoms with Gasteiger partial charge in [0.25, 0.3) is 0 Å². The second kappa shape index (κ2) is 4.81. The molecule has 1 aromatic heterocycles. The van der Waals surface area contributed by atoms with Gasteiger partial charge in [0.2, 0.25) is 0 Å². The fourth-order valence-corrected chi connectivity index (χ4v) is 2.42. The highest BCUT2D eigenvalue weighted by Crippen LogP contribution is 2.36. The summed E-state index contributed by atoms with van der Waals surface area (Å²) in [6.45, 7) is 2.11. The Morgan fingerprint density at radius 1 is 1.05 bits per heavy atom. The van der Waals surface area contributed by atoms with Crippen molar-refractivity contribution in [2.45, 2.75) is 13.3 Å². The summed E-state index contributed by atoms with van der Waals surface area (Å²) in [6.07, 6.45) is 0.876. The van der Waals surface area contributed by atoms with E-state index in [-0.39, 0.29) is 0 Å². The third-order valence-corrected chi connectivity index (χ3v) is 3.35. The lowest BCUT2D eigenvalue weighted by Gasteiger charge is -2.02. The zero-order chi connectivity index (χ0) is 13.2. The van der Waals surface area contributed by atoms with E-state index in [0.717, 1.165) is 28.9 Å². The average molecular weight is 252 g/mol. The fraction of sp³-hybridized carbons (Fsp3) is 0.176. The first-order valence-corrected chi connectivity index (χ1v) is 6.48. The Kier molecular flexibility index (Phi) is 3.00. The van der Waals surface area contributed by atoms with Crippen molar-refractivity contribution in [3.05, 3.63) is 54.3 Å². The van der Waals surface area contributed by atoms with Crippen LogP contribution in [0.5, 0.6) is 5.75 Å². The molecule has 96 valence electrons. The van der Waals surface area contributed by atoms with Gasteiger partial charge in [-0.3, -0.25) is 0 Å². The molecule has 0 bridgehead atoms. The molecular formula is C17H16O2. The highest BCUT2D eigenvalue weighted by Gasteiger charge is 2.14. The molecule has 0 unspecified atom stereocenters. The molecule has 0 radical (unpaired) electrons. The van der Waals surface area contributed by atoms with Gasteiger partial charge >= 0.3 is 0 Å². The van der Waals surface area contributed by atoms with E-state index in [1.54, 1.807) is 7.11 Å². The molecular weight excluding hydrogens is 236 g/mol. The topological polar surface area (TPSA) is 22.4 Å². The van der Waals surface area contributed by atoms with Crippen molar-refractivity contribution in [1.82, 2.24) is 0 Å². The minimum atomic E-state index is 0.823. The smallest absolute Gasteiger partial charge is 0.138 e. The van der Waals surface area contributed by atoms with E-state index in [9.17, 15) is 0 Å². The van der Waals surface area contributed by atoms with Gasteiger partial charge in [-0.15, -0.1) is 0 Å². The molecule has 0 aliphatic rings. The van der Waals surface area contributed by atoms with Gasteiger partial charge in [0.15, 0.2) is 0 Å². The van der Waals surface area contributed by atoms with Gasteiger partial charge in [-0.2, -0.15) is 0 Å². The number of hydrogen-bond acceptors (Lipinski definition) is 2. The summed E-state index contributed by atoms with van der Waals surface area (Å²) in [5.74, 6) is 1.85. The lowest BCUT2D eigenvalue weighted by Crippen LogP contribution is -1.82. The number of fused-ring (bicyclic) bond motifs is 1. The number of hydrogen-bond donors (Lipinski definition) is 0. The predicted octanol–water partition coefficient (Wildman–Crippen LogP) is 4.67. The molecule has 0 N–H and O–H groups in total.